The number of fused-ring (bicyclic) bond motifs is 1. The molecule has 138 valence electrons. The topological polar surface area (TPSA) is 54.3 Å². The lowest BCUT2D eigenvalue weighted by Gasteiger charge is -2.14. The number of nitrogens with one attached hydrogen (secondary N) is 1. The zero-order valence-electron chi connectivity index (χ0n) is 16.0. The van der Waals surface area contributed by atoms with Crippen LogP contribution in [0.5, 0.6) is 5.75 Å². The SMILES string of the molecule is CCOc1ccc2[nH]c(-c3cccc(N(C)C)c3)c(CCCCN)c2c1. The van der Waals surface area contributed by atoms with Crippen molar-refractivity contribution in [2.24, 2.45) is 5.73 Å². The minimum Gasteiger partial charge on any atom is -0.494 e. The van der Waals surface area contributed by atoms with E-state index in [0.29, 0.717) is 6.61 Å². The fraction of sp³-hybridized carbons (Fsp3) is 0.364. The number of rotatable bonds is 8. The Labute approximate surface area is 156 Å². The Morgan fingerprint density at radius 3 is 2.65 bits per heavy atom. The molecule has 0 aliphatic rings. The number of nitrogens with zero attached hydrogens (tertiary/aromatic N) is 1. The molecule has 4 nitrogen and oxygen atoms in total. The van der Waals surface area contributed by atoms with Crippen molar-refractivity contribution in [1.29, 1.82) is 0 Å². The number of aromatic amines is 1. The zero-order valence-corrected chi connectivity index (χ0v) is 16.0. The summed E-state index contributed by atoms with van der Waals surface area (Å²) in [4.78, 5) is 5.77. The van der Waals surface area contributed by atoms with Crippen molar-refractivity contribution in [2.45, 2.75) is 26.2 Å². The highest BCUT2D eigenvalue weighted by Gasteiger charge is 2.14. The van der Waals surface area contributed by atoms with Gasteiger partial charge in [0.15, 0.2) is 0 Å². The molecular formula is C22H29N3O. The van der Waals surface area contributed by atoms with Gasteiger partial charge in [-0.1, -0.05) is 12.1 Å². The number of ether oxygens (including phenoxy) is 1. The third-order valence-electron chi connectivity index (χ3n) is 4.72. The summed E-state index contributed by atoms with van der Waals surface area (Å²) in [5.41, 5.74) is 11.8. The van der Waals surface area contributed by atoms with Gasteiger partial charge in [0.1, 0.15) is 5.75 Å². The number of aromatic nitrogens is 1. The van der Waals surface area contributed by atoms with Gasteiger partial charge in [-0.3, -0.25) is 0 Å². The van der Waals surface area contributed by atoms with E-state index in [0.717, 1.165) is 37.1 Å². The van der Waals surface area contributed by atoms with Crippen LogP contribution in [0.3, 0.4) is 0 Å². The summed E-state index contributed by atoms with van der Waals surface area (Å²) in [6.07, 6.45) is 3.13. The number of benzene rings is 2. The molecule has 3 rings (SSSR count). The van der Waals surface area contributed by atoms with E-state index < -0.39 is 0 Å². The van der Waals surface area contributed by atoms with Crippen LogP contribution in [0.15, 0.2) is 42.5 Å². The van der Waals surface area contributed by atoms with Gasteiger partial charge in [0.05, 0.1) is 6.61 Å². The monoisotopic (exact) mass is 351 g/mol. The molecule has 0 unspecified atom stereocenters. The minimum atomic E-state index is 0.677. The average molecular weight is 351 g/mol. The molecule has 1 heterocycles. The first-order valence-electron chi connectivity index (χ1n) is 9.39. The highest BCUT2D eigenvalue weighted by molar-refractivity contribution is 5.92. The van der Waals surface area contributed by atoms with Crippen LogP contribution in [-0.2, 0) is 6.42 Å². The van der Waals surface area contributed by atoms with Gasteiger partial charge >= 0.3 is 0 Å². The van der Waals surface area contributed by atoms with Crippen molar-refractivity contribution in [2.75, 3.05) is 32.1 Å². The molecule has 0 saturated heterocycles. The van der Waals surface area contributed by atoms with Crippen molar-refractivity contribution in [3.05, 3.63) is 48.0 Å². The Bertz CT molecular complexity index is 867. The fourth-order valence-corrected chi connectivity index (χ4v) is 3.38. The van der Waals surface area contributed by atoms with Crippen LogP contribution in [0, 0.1) is 0 Å². The Kier molecular flexibility index (Phi) is 5.84. The first-order chi connectivity index (χ1) is 12.6. The largest absolute Gasteiger partial charge is 0.494 e. The molecule has 0 saturated carbocycles. The molecule has 4 heteroatoms. The Morgan fingerprint density at radius 2 is 1.92 bits per heavy atom. The van der Waals surface area contributed by atoms with Crippen LogP contribution in [0.1, 0.15) is 25.3 Å². The lowest BCUT2D eigenvalue weighted by Crippen LogP contribution is -2.08. The molecule has 0 amide bonds. The Hall–Kier alpha value is -2.46. The quantitative estimate of drug-likeness (QED) is 0.584. The fourth-order valence-electron chi connectivity index (χ4n) is 3.38. The molecule has 0 fully saturated rings. The van der Waals surface area contributed by atoms with Gasteiger partial charge in [0.2, 0.25) is 0 Å². The molecule has 0 bridgehead atoms. The number of hydrogen-bond donors (Lipinski definition) is 2. The van der Waals surface area contributed by atoms with Crippen LogP contribution >= 0.6 is 0 Å². The highest BCUT2D eigenvalue weighted by atomic mass is 16.5. The van der Waals surface area contributed by atoms with Gasteiger partial charge in [-0.05, 0) is 68.6 Å². The van der Waals surface area contributed by atoms with E-state index in [-0.39, 0.29) is 0 Å². The van der Waals surface area contributed by atoms with Crippen LogP contribution < -0.4 is 15.4 Å². The second kappa shape index (κ2) is 8.28. The predicted octanol–water partition coefficient (Wildman–Crippen LogP) is 4.58. The molecule has 3 aromatic rings. The third-order valence-corrected chi connectivity index (χ3v) is 4.72. The number of anilines is 1. The maximum atomic E-state index is 5.72. The standard InChI is InChI=1S/C22H29N3O/c1-4-26-18-11-12-21-20(15-18)19(10-5-6-13-23)22(24-21)16-8-7-9-17(14-16)25(2)3/h7-9,11-12,14-15,24H,4-6,10,13,23H2,1-3H3. The van der Waals surface area contributed by atoms with Gasteiger partial charge in [-0.15, -0.1) is 0 Å². The molecule has 0 radical (unpaired) electrons. The molecule has 0 aliphatic heterocycles. The van der Waals surface area contributed by atoms with Gasteiger partial charge in [0.25, 0.3) is 0 Å². The van der Waals surface area contributed by atoms with Crippen LogP contribution in [0.25, 0.3) is 22.2 Å². The molecule has 1 aromatic heterocycles. The second-order valence-electron chi connectivity index (χ2n) is 6.81. The Morgan fingerprint density at radius 1 is 1.08 bits per heavy atom. The summed E-state index contributed by atoms with van der Waals surface area (Å²) in [6, 6.07) is 15.0. The molecule has 26 heavy (non-hydrogen) atoms. The smallest absolute Gasteiger partial charge is 0.120 e. The van der Waals surface area contributed by atoms with Gasteiger partial charge in [0, 0.05) is 41.9 Å². The highest BCUT2D eigenvalue weighted by Crippen LogP contribution is 2.34. The van der Waals surface area contributed by atoms with Crippen LogP contribution in [0.2, 0.25) is 0 Å². The lowest BCUT2D eigenvalue weighted by molar-refractivity contribution is 0.340. The number of H-pyrrole nitrogens is 1. The van der Waals surface area contributed by atoms with Crippen molar-refractivity contribution in [3.63, 3.8) is 0 Å². The van der Waals surface area contributed by atoms with Gasteiger partial charge in [-0.2, -0.15) is 0 Å². The maximum Gasteiger partial charge on any atom is 0.120 e. The van der Waals surface area contributed by atoms with Crippen LogP contribution in [-0.4, -0.2) is 32.2 Å². The molecule has 0 atom stereocenters. The first-order valence-corrected chi connectivity index (χ1v) is 9.39. The van der Waals surface area contributed by atoms with E-state index >= 15 is 0 Å². The summed E-state index contributed by atoms with van der Waals surface area (Å²) in [5.74, 6) is 0.924. The van der Waals surface area contributed by atoms with E-state index in [4.69, 9.17) is 10.5 Å². The zero-order chi connectivity index (χ0) is 18.5. The summed E-state index contributed by atoms with van der Waals surface area (Å²) in [5, 5.41) is 1.25. The summed E-state index contributed by atoms with van der Waals surface area (Å²) in [7, 11) is 4.14. The van der Waals surface area contributed by atoms with Crippen molar-refractivity contribution in [1.82, 2.24) is 4.98 Å². The van der Waals surface area contributed by atoms with Gasteiger partial charge < -0.3 is 20.4 Å². The second-order valence-corrected chi connectivity index (χ2v) is 6.81. The molecular weight excluding hydrogens is 322 g/mol. The third kappa shape index (κ3) is 3.86. The van der Waals surface area contributed by atoms with E-state index in [2.05, 4.69) is 60.4 Å². The van der Waals surface area contributed by atoms with E-state index in [9.17, 15) is 0 Å². The minimum absolute atomic E-state index is 0.677. The summed E-state index contributed by atoms with van der Waals surface area (Å²) >= 11 is 0. The Balaban J connectivity index is 2.10. The molecule has 0 aliphatic carbocycles. The van der Waals surface area contributed by atoms with Crippen LogP contribution in [0.4, 0.5) is 5.69 Å². The molecule has 3 N–H and O–H groups in total. The van der Waals surface area contributed by atoms with E-state index in [1.54, 1.807) is 0 Å². The summed E-state index contributed by atoms with van der Waals surface area (Å²) in [6.45, 7) is 3.43. The number of unbranched alkanes of at least 4 members (excludes halogenated alkanes) is 1. The normalized spacial score (nSPS) is 11.1. The van der Waals surface area contributed by atoms with E-state index in [1.807, 2.05) is 13.0 Å². The van der Waals surface area contributed by atoms with E-state index in [1.165, 1.54) is 27.9 Å². The average Bonchev–Trinajstić information content (AvgIpc) is 3.00. The number of aryl methyl sites for hydroxylation is 1. The molecule has 2 aromatic carbocycles. The number of hydrogen-bond acceptors (Lipinski definition) is 3. The van der Waals surface area contributed by atoms with Gasteiger partial charge in [-0.25, -0.2) is 0 Å². The van der Waals surface area contributed by atoms with Crippen molar-refractivity contribution in [3.8, 4) is 17.0 Å². The predicted molar refractivity (Wildman–Crippen MR) is 111 cm³/mol. The summed E-state index contributed by atoms with van der Waals surface area (Å²) < 4.78 is 5.72. The number of nitrogens with two attached hydrogens (primary N) is 1. The lowest BCUT2D eigenvalue weighted by atomic mass is 10.00. The van der Waals surface area contributed by atoms with Crippen molar-refractivity contribution >= 4 is 16.6 Å². The maximum absolute atomic E-state index is 5.72. The van der Waals surface area contributed by atoms with Crippen molar-refractivity contribution < 1.29 is 4.74 Å². The first kappa shape index (κ1) is 18.3. The molecule has 0 spiro atoms.